The first-order valence-corrected chi connectivity index (χ1v) is 21.6. The molecule has 15 nitrogen and oxygen atoms in total. The number of carbonyl (C=O) groups excluding carboxylic acids is 3. The Morgan fingerprint density at radius 2 is 1.63 bits per heavy atom. The molecule has 0 aliphatic carbocycles. The molecule has 7 heterocycles. The molecule has 0 radical (unpaired) electrons. The van der Waals surface area contributed by atoms with Gasteiger partial charge in [-0.3, -0.25) is 19.3 Å². The maximum absolute atomic E-state index is 14.6. The number of ketones is 1. The van der Waals surface area contributed by atoms with Gasteiger partial charge in [0.25, 0.3) is 11.7 Å². The van der Waals surface area contributed by atoms with Crippen LogP contribution in [0, 0.1) is 36.5 Å². The Balaban J connectivity index is 1.51. The van der Waals surface area contributed by atoms with Crippen molar-refractivity contribution in [2.24, 2.45) is 29.6 Å². The van der Waals surface area contributed by atoms with Crippen molar-refractivity contribution in [2.45, 2.75) is 112 Å². The van der Waals surface area contributed by atoms with Gasteiger partial charge in [0, 0.05) is 93.9 Å². The quantitative estimate of drug-likeness (QED) is 0.127. The summed E-state index contributed by atoms with van der Waals surface area (Å²) in [6.45, 7) is 22.6. The second-order valence-corrected chi connectivity index (χ2v) is 18.4. The number of hydrogen-bond acceptors (Lipinski definition) is 14. The fraction of sp³-hybridized carbons (Fsp3) is 0.596. The number of phenols is 3. The molecular formula is C47H65N3O12. The van der Waals surface area contributed by atoms with Crippen molar-refractivity contribution >= 4 is 39.8 Å². The van der Waals surface area contributed by atoms with Crippen LogP contribution in [0.5, 0.6) is 23.0 Å². The summed E-state index contributed by atoms with van der Waals surface area (Å²) in [6, 6.07) is 0. The van der Waals surface area contributed by atoms with Gasteiger partial charge in [-0.2, -0.15) is 0 Å². The highest BCUT2D eigenvalue weighted by Crippen LogP contribution is 2.58. The third kappa shape index (κ3) is 8.36. The molecule has 62 heavy (non-hydrogen) atoms. The Morgan fingerprint density at radius 3 is 2.23 bits per heavy atom. The molecule has 10 atom stereocenters. The number of rotatable bonds is 5. The van der Waals surface area contributed by atoms with Crippen LogP contribution in [0.25, 0.3) is 10.8 Å². The van der Waals surface area contributed by atoms with Crippen LogP contribution in [0.3, 0.4) is 0 Å². The lowest BCUT2D eigenvalue weighted by Gasteiger charge is -2.54. The molecule has 2 aromatic rings. The monoisotopic (exact) mass is 863 g/mol. The molecule has 2 aromatic carbocycles. The Kier molecular flexibility index (Phi) is 13.4. The number of aliphatic hydroxyl groups is 1. The first-order valence-electron chi connectivity index (χ1n) is 21.6. The maximum atomic E-state index is 14.6. The molecule has 0 aromatic heterocycles. The van der Waals surface area contributed by atoms with Crippen molar-refractivity contribution < 1.29 is 58.5 Å². The van der Waals surface area contributed by atoms with Crippen LogP contribution in [-0.4, -0.2) is 119 Å². The highest BCUT2D eigenvalue weighted by molar-refractivity contribution is 6.23. The predicted molar refractivity (Wildman–Crippen MR) is 235 cm³/mol. The molecule has 0 unspecified atom stereocenters. The SMILES string of the molecule is CO[C@H]1/C=C/O[C@@]2(C)Oc3c(C)c(O)c4c(O)c(c(N5CCN(CC(C)C)CC5)c(O)c4c3C2=O)NC(=O)/C(C)=C\C=C\[C@]2(C)O[C@H]([C@@H](C)[C@@H](O)[C@@H](C)[C@H](OC(C)=O)[C@@H]1C)[C@H]2C. The van der Waals surface area contributed by atoms with Crippen molar-refractivity contribution in [3.8, 4) is 23.0 Å². The van der Waals surface area contributed by atoms with Crippen LogP contribution in [0.4, 0.5) is 11.4 Å². The summed E-state index contributed by atoms with van der Waals surface area (Å²) in [5, 5.41) is 50.4. The lowest BCUT2D eigenvalue weighted by atomic mass is 9.70. The van der Waals surface area contributed by atoms with Gasteiger partial charge in [0.1, 0.15) is 34.7 Å². The Bertz CT molecular complexity index is 2180. The number of carbonyl (C=O) groups is 3. The van der Waals surface area contributed by atoms with E-state index in [-0.39, 0.29) is 62.5 Å². The molecule has 2 saturated heterocycles. The van der Waals surface area contributed by atoms with E-state index >= 15 is 0 Å². The van der Waals surface area contributed by atoms with Gasteiger partial charge in [-0.05, 0) is 32.8 Å². The van der Waals surface area contributed by atoms with E-state index in [1.54, 1.807) is 25.2 Å². The number of methoxy groups -OCH3 is 1. The topological polar surface area (TPSA) is 197 Å². The minimum absolute atomic E-state index is 0.0457. The van der Waals surface area contributed by atoms with Crippen LogP contribution >= 0.6 is 0 Å². The number of ether oxygens (including phenoxy) is 5. The largest absolute Gasteiger partial charge is 0.507 e. The predicted octanol–water partition coefficient (Wildman–Crippen LogP) is 6.33. The van der Waals surface area contributed by atoms with E-state index in [1.165, 1.54) is 34.1 Å². The number of hydrogen-bond donors (Lipinski definition) is 5. The van der Waals surface area contributed by atoms with Gasteiger partial charge < -0.3 is 54.3 Å². The summed E-state index contributed by atoms with van der Waals surface area (Å²) in [4.78, 5) is 45.2. The summed E-state index contributed by atoms with van der Waals surface area (Å²) in [7, 11) is 1.48. The fourth-order valence-electron chi connectivity index (χ4n) is 9.60. The lowest BCUT2D eigenvalue weighted by Crippen LogP contribution is -2.60. The summed E-state index contributed by atoms with van der Waals surface area (Å²) in [5.74, 6) is -6.39. The van der Waals surface area contributed by atoms with Gasteiger partial charge in [0.15, 0.2) is 5.75 Å². The molecule has 9 rings (SSSR count). The van der Waals surface area contributed by atoms with Gasteiger partial charge in [0.2, 0.25) is 0 Å². The van der Waals surface area contributed by atoms with Gasteiger partial charge in [-0.15, -0.1) is 0 Å². The number of aromatic hydroxyl groups is 3. The third-order valence-corrected chi connectivity index (χ3v) is 13.5. The number of amides is 1. The third-order valence-electron chi connectivity index (χ3n) is 13.5. The highest BCUT2D eigenvalue weighted by atomic mass is 16.7. The van der Waals surface area contributed by atoms with Gasteiger partial charge >= 0.3 is 11.8 Å². The number of benzene rings is 2. The van der Waals surface area contributed by atoms with Crippen molar-refractivity contribution in [3.63, 3.8) is 0 Å². The van der Waals surface area contributed by atoms with Crippen molar-refractivity contribution in [3.05, 3.63) is 47.3 Å². The van der Waals surface area contributed by atoms with Crippen LogP contribution in [0.2, 0.25) is 0 Å². The number of piperazine rings is 1. The number of nitrogens with one attached hydrogen (secondary N) is 1. The minimum Gasteiger partial charge on any atom is -0.507 e. The molecule has 340 valence electrons. The zero-order valence-corrected chi connectivity index (χ0v) is 38.1. The Labute approximate surface area is 364 Å². The smallest absolute Gasteiger partial charge is 0.312 e. The molecule has 2 fully saturated rings. The van der Waals surface area contributed by atoms with Gasteiger partial charge in [-0.25, -0.2) is 0 Å². The van der Waals surface area contributed by atoms with E-state index in [2.05, 4.69) is 24.1 Å². The van der Waals surface area contributed by atoms with Crippen LogP contribution in [-0.2, 0) is 28.5 Å². The summed E-state index contributed by atoms with van der Waals surface area (Å²) in [5.41, 5.74) is -0.511. The molecular weight excluding hydrogens is 799 g/mol. The summed E-state index contributed by atoms with van der Waals surface area (Å²) < 4.78 is 30.4. The molecule has 7 aliphatic heterocycles. The van der Waals surface area contributed by atoms with Gasteiger partial charge in [0.05, 0.1) is 41.1 Å². The molecule has 15 heteroatoms. The molecule has 0 saturated carbocycles. The zero-order chi connectivity index (χ0) is 45.7. The Morgan fingerprint density at radius 1 is 0.968 bits per heavy atom. The second-order valence-electron chi connectivity index (χ2n) is 18.4. The minimum atomic E-state index is -2.01. The molecule has 7 bridgehead atoms. The first kappa shape index (κ1) is 46.7. The molecule has 5 N–H and O–H groups in total. The number of anilines is 2. The first-order chi connectivity index (χ1) is 29.1. The lowest BCUT2D eigenvalue weighted by molar-refractivity contribution is -0.251. The number of aliphatic hydroxyl groups excluding tert-OH is 1. The summed E-state index contributed by atoms with van der Waals surface area (Å²) >= 11 is 0. The average molecular weight is 864 g/mol. The van der Waals surface area contributed by atoms with E-state index in [1.807, 2.05) is 45.6 Å². The van der Waals surface area contributed by atoms with Gasteiger partial charge in [-0.1, -0.05) is 59.8 Å². The van der Waals surface area contributed by atoms with Crippen LogP contribution in [0.1, 0.15) is 85.2 Å². The molecule has 0 spiro atoms. The van der Waals surface area contributed by atoms with Crippen molar-refractivity contribution in [1.29, 1.82) is 0 Å². The standard InChI is InChI=1S/C47H65N3O12/c1-23(2)22-49-17-19-50(20-18-49)36-35-39(54)33-32(40(36)55)34-43(28(7)38(33)53)62-47(11,44(34)56)59-21-15-31(58-12)25(4)41(60-30(9)51)26(5)37(52)27(6)42-29(8)46(10,61-42)16-13-14-24(3)45(57)48-35/h13-16,21,23,25-27,29,31,37,41-42,52-55H,17-20,22H2,1-12H3,(H,48,57)/b16-13+,21-15+,24-14-/t25-,26-,27+,29-,31+,37+,41-,42-,46+,47+/m1/s1. The Hall–Kier alpha value is -4.83. The number of Topliss-reactive ketones (excluding diaryl/α,β-unsaturated/α-hetero) is 1. The number of esters is 1. The van der Waals surface area contributed by atoms with E-state index in [0.29, 0.717) is 32.1 Å². The normalized spacial score (nSPS) is 34.2. The highest BCUT2D eigenvalue weighted by Gasteiger charge is 2.53. The van der Waals surface area contributed by atoms with E-state index < -0.39 is 76.4 Å². The van der Waals surface area contributed by atoms with Crippen LogP contribution in [0.15, 0.2) is 36.1 Å². The summed E-state index contributed by atoms with van der Waals surface area (Å²) in [6.07, 6.45) is 5.15. The van der Waals surface area contributed by atoms with E-state index in [4.69, 9.17) is 23.7 Å². The zero-order valence-electron chi connectivity index (χ0n) is 38.1. The number of nitrogens with zero attached hydrogens (tertiary/aromatic N) is 2. The van der Waals surface area contributed by atoms with E-state index in [0.717, 1.165) is 6.54 Å². The number of allylic oxidation sites excluding steroid dienone is 2. The maximum Gasteiger partial charge on any atom is 0.312 e. The fourth-order valence-corrected chi connectivity index (χ4v) is 9.60. The molecule has 1 amide bonds. The number of phenolic OH excluding ortho intramolecular Hbond substituents is 3. The van der Waals surface area contributed by atoms with Crippen molar-refractivity contribution in [1.82, 2.24) is 4.90 Å². The molecule has 7 aliphatic rings. The van der Waals surface area contributed by atoms with Crippen molar-refractivity contribution in [2.75, 3.05) is 50.1 Å². The van der Waals surface area contributed by atoms with E-state index in [9.17, 15) is 34.8 Å². The second kappa shape index (κ2) is 17.7. The average Bonchev–Trinajstić information content (AvgIpc) is 3.48. The van der Waals surface area contributed by atoms with Crippen LogP contribution < -0.4 is 15.0 Å².